The third-order valence-electron chi connectivity index (χ3n) is 6.42. The zero-order chi connectivity index (χ0) is 26.4. The summed E-state index contributed by atoms with van der Waals surface area (Å²) in [5.74, 6) is -0.0351. The molecule has 2 aromatic rings. The number of sulfonamides is 1. The van der Waals surface area contributed by atoms with Crippen molar-refractivity contribution in [3.63, 3.8) is 0 Å². The number of carbonyl (C=O) groups excluding carboxylic acids is 1. The number of fused-ring (bicyclic) bond motifs is 1. The Morgan fingerprint density at radius 2 is 1.86 bits per heavy atom. The number of rotatable bonds is 11. The van der Waals surface area contributed by atoms with Crippen LogP contribution in [0.3, 0.4) is 0 Å². The number of carbonyl (C=O) groups is 1. The van der Waals surface area contributed by atoms with E-state index in [1.165, 1.54) is 12.1 Å². The topological polar surface area (TPSA) is 158 Å². The van der Waals surface area contributed by atoms with E-state index in [1.807, 2.05) is 30.3 Å². The molecule has 2 heterocycles. The predicted octanol–water partition coefficient (Wildman–Crippen LogP) is 1.56. The third-order valence-corrected chi connectivity index (χ3v) is 7.93. The molecule has 2 fully saturated rings. The zero-order valence-corrected chi connectivity index (χ0v) is 21.1. The first-order valence-electron chi connectivity index (χ1n) is 11.9. The molecule has 0 bridgehead atoms. The third kappa shape index (κ3) is 6.81. The molecule has 0 aliphatic carbocycles. The highest BCUT2D eigenvalue weighted by Gasteiger charge is 2.44. The molecule has 12 nitrogen and oxygen atoms in total. The Bertz CT molecular complexity index is 1180. The Hall–Kier alpha value is -3.10. The van der Waals surface area contributed by atoms with E-state index >= 15 is 0 Å². The van der Waals surface area contributed by atoms with Gasteiger partial charge in [0.15, 0.2) is 6.29 Å². The largest absolute Gasteiger partial charge is 0.443 e. The Balaban J connectivity index is 1.52. The highest BCUT2D eigenvalue weighted by atomic mass is 32.2. The van der Waals surface area contributed by atoms with Gasteiger partial charge in [0, 0.05) is 18.7 Å². The molecule has 0 radical (unpaired) electrons. The summed E-state index contributed by atoms with van der Waals surface area (Å²) in [4.78, 5) is 23.2. The smallest absolute Gasteiger partial charge is 0.407 e. The number of amides is 1. The van der Waals surface area contributed by atoms with Crippen molar-refractivity contribution in [2.45, 2.75) is 42.2 Å². The predicted molar refractivity (Wildman–Crippen MR) is 132 cm³/mol. The number of non-ortho nitro benzene ring substituents is 1. The lowest BCUT2D eigenvalue weighted by Crippen LogP contribution is -2.56. The minimum atomic E-state index is -4.07. The molecule has 0 saturated carbocycles. The number of nitro benzene ring substituents is 1. The van der Waals surface area contributed by atoms with E-state index in [9.17, 15) is 23.3 Å². The standard InChI is InChI=1S/C24H30N4O8S/c1-25-14-21(27-37(32,33)18-9-7-17(8-10-18)28(30)31)20(13-16-5-3-2-4-6-16)26-24(29)36-22-15-35-23-19(22)11-12-34-23/h2-10,19-23,25,27H,11-15H2,1H3,(H,26,29)/t19-,20-,21+,22-,23+/m0/s1. The van der Waals surface area contributed by atoms with E-state index < -0.39 is 39.2 Å². The molecule has 37 heavy (non-hydrogen) atoms. The fraction of sp³-hybridized carbons (Fsp3) is 0.458. The summed E-state index contributed by atoms with van der Waals surface area (Å²) >= 11 is 0. The van der Waals surface area contributed by atoms with Crippen molar-refractivity contribution < 1.29 is 32.3 Å². The van der Waals surface area contributed by atoms with Crippen LogP contribution in [0.5, 0.6) is 0 Å². The normalized spacial score (nSPS) is 22.7. The van der Waals surface area contributed by atoms with Crippen LogP contribution >= 0.6 is 0 Å². The minimum absolute atomic E-state index is 0.0351. The molecule has 0 spiro atoms. The molecule has 0 aromatic heterocycles. The quantitative estimate of drug-likeness (QED) is 0.287. The number of nitrogens with zero attached hydrogens (tertiary/aromatic N) is 1. The van der Waals surface area contributed by atoms with Gasteiger partial charge in [0.2, 0.25) is 10.0 Å². The summed E-state index contributed by atoms with van der Waals surface area (Å²) in [7, 11) is -2.40. The molecular formula is C24H30N4O8S. The molecule has 4 rings (SSSR count). The van der Waals surface area contributed by atoms with Crippen LogP contribution in [0, 0.1) is 16.0 Å². The van der Waals surface area contributed by atoms with Crippen molar-refractivity contribution >= 4 is 21.8 Å². The maximum atomic E-state index is 13.2. The Morgan fingerprint density at radius 1 is 1.14 bits per heavy atom. The van der Waals surface area contributed by atoms with E-state index in [-0.39, 0.29) is 35.9 Å². The van der Waals surface area contributed by atoms with Gasteiger partial charge in [-0.3, -0.25) is 10.1 Å². The lowest BCUT2D eigenvalue weighted by atomic mass is 10.00. The van der Waals surface area contributed by atoms with Crippen molar-refractivity contribution in [3.8, 4) is 0 Å². The van der Waals surface area contributed by atoms with Crippen LogP contribution in [-0.4, -0.2) is 70.7 Å². The summed E-state index contributed by atoms with van der Waals surface area (Å²) in [6.45, 7) is 0.968. The van der Waals surface area contributed by atoms with E-state index in [2.05, 4.69) is 15.4 Å². The molecule has 13 heteroatoms. The van der Waals surface area contributed by atoms with Gasteiger partial charge < -0.3 is 24.8 Å². The maximum absolute atomic E-state index is 13.2. The molecule has 3 N–H and O–H groups in total. The highest BCUT2D eigenvalue weighted by molar-refractivity contribution is 7.89. The summed E-state index contributed by atoms with van der Waals surface area (Å²) in [5.41, 5.74) is 0.666. The first kappa shape index (κ1) is 26.9. The van der Waals surface area contributed by atoms with Gasteiger partial charge in [0.25, 0.3) is 5.69 Å². The fourth-order valence-corrected chi connectivity index (χ4v) is 5.81. The second kappa shape index (κ2) is 12.0. The number of benzene rings is 2. The summed E-state index contributed by atoms with van der Waals surface area (Å²) in [6.07, 6.45) is -0.458. The molecule has 2 saturated heterocycles. The van der Waals surface area contributed by atoms with Gasteiger partial charge in [0.1, 0.15) is 6.10 Å². The van der Waals surface area contributed by atoms with Crippen molar-refractivity contribution in [1.82, 2.24) is 15.4 Å². The number of nitro groups is 1. The molecule has 0 unspecified atom stereocenters. The molecule has 200 valence electrons. The van der Waals surface area contributed by atoms with Gasteiger partial charge >= 0.3 is 6.09 Å². The monoisotopic (exact) mass is 534 g/mol. The lowest BCUT2D eigenvalue weighted by molar-refractivity contribution is -0.384. The van der Waals surface area contributed by atoms with Crippen LogP contribution in [0.15, 0.2) is 59.5 Å². The number of likely N-dealkylation sites (N-methyl/N-ethyl adjacent to an activating group) is 1. The molecule has 5 atom stereocenters. The lowest BCUT2D eigenvalue weighted by Gasteiger charge is -2.29. The Labute approximate surface area is 214 Å². The SMILES string of the molecule is CNC[C@@H](NS(=O)(=O)c1ccc([N+](=O)[O-])cc1)[C@H](Cc1ccccc1)NC(=O)O[C@H]1CO[C@H]2OCC[C@H]21. The first-order valence-corrected chi connectivity index (χ1v) is 13.4. The van der Waals surface area contributed by atoms with Crippen molar-refractivity contribution in [2.24, 2.45) is 5.92 Å². The number of hydrogen-bond donors (Lipinski definition) is 3. The van der Waals surface area contributed by atoms with Crippen LogP contribution in [0.4, 0.5) is 10.5 Å². The second-order valence-electron chi connectivity index (χ2n) is 8.95. The van der Waals surface area contributed by atoms with Crippen LogP contribution in [0.25, 0.3) is 0 Å². The van der Waals surface area contributed by atoms with E-state index in [4.69, 9.17) is 14.2 Å². The maximum Gasteiger partial charge on any atom is 0.407 e. The zero-order valence-electron chi connectivity index (χ0n) is 20.2. The van der Waals surface area contributed by atoms with Crippen molar-refractivity contribution in [3.05, 3.63) is 70.3 Å². The van der Waals surface area contributed by atoms with Crippen LogP contribution in [0.1, 0.15) is 12.0 Å². The number of alkyl carbamates (subject to hydrolysis) is 1. The van der Waals surface area contributed by atoms with E-state index in [1.54, 1.807) is 7.05 Å². The van der Waals surface area contributed by atoms with Gasteiger partial charge in [0.05, 0.1) is 41.0 Å². The molecule has 2 aliphatic rings. The summed E-state index contributed by atoms with van der Waals surface area (Å²) in [6, 6.07) is 12.5. The van der Waals surface area contributed by atoms with Crippen molar-refractivity contribution in [2.75, 3.05) is 26.8 Å². The number of nitrogens with one attached hydrogen (secondary N) is 3. The molecular weight excluding hydrogens is 504 g/mol. The van der Waals surface area contributed by atoms with Crippen LogP contribution in [0.2, 0.25) is 0 Å². The van der Waals surface area contributed by atoms with Gasteiger partial charge in [-0.2, -0.15) is 0 Å². The summed E-state index contributed by atoms with van der Waals surface area (Å²) in [5, 5.41) is 16.7. The minimum Gasteiger partial charge on any atom is -0.443 e. The molecule has 1 amide bonds. The number of ether oxygens (including phenoxy) is 3. The Morgan fingerprint density at radius 3 is 2.54 bits per heavy atom. The van der Waals surface area contributed by atoms with Gasteiger partial charge in [-0.1, -0.05) is 30.3 Å². The van der Waals surface area contributed by atoms with Crippen molar-refractivity contribution in [1.29, 1.82) is 0 Å². The first-order chi connectivity index (χ1) is 17.8. The van der Waals surface area contributed by atoms with Crippen LogP contribution in [-0.2, 0) is 30.7 Å². The van der Waals surface area contributed by atoms with Gasteiger partial charge in [-0.25, -0.2) is 17.9 Å². The van der Waals surface area contributed by atoms with E-state index in [0.29, 0.717) is 13.0 Å². The molecule has 2 aromatic carbocycles. The van der Waals surface area contributed by atoms with E-state index in [0.717, 1.165) is 24.1 Å². The number of hydrogen-bond acceptors (Lipinski definition) is 9. The van der Waals surface area contributed by atoms with Crippen LogP contribution < -0.4 is 15.4 Å². The average molecular weight is 535 g/mol. The highest BCUT2D eigenvalue weighted by Crippen LogP contribution is 2.33. The summed E-state index contributed by atoms with van der Waals surface area (Å²) < 4.78 is 45.6. The second-order valence-corrected chi connectivity index (χ2v) is 10.7. The fourth-order valence-electron chi connectivity index (χ4n) is 4.53. The molecule has 2 aliphatic heterocycles. The van der Waals surface area contributed by atoms with Gasteiger partial charge in [-0.15, -0.1) is 0 Å². The van der Waals surface area contributed by atoms with Gasteiger partial charge in [-0.05, 0) is 37.6 Å². The Kier molecular flexibility index (Phi) is 8.71. The average Bonchev–Trinajstić information content (AvgIpc) is 3.49.